The van der Waals surface area contributed by atoms with E-state index in [2.05, 4.69) is 36.4 Å². The van der Waals surface area contributed by atoms with Gasteiger partial charge in [-0.2, -0.15) is 13.2 Å². The van der Waals surface area contributed by atoms with Crippen molar-refractivity contribution < 1.29 is 37.4 Å². The predicted molar refractivity (Wildman–Crippen MR) is 149 cm³/mol. The number of hydrogen-bond acceptors (Lipinski definition) is 6. The first-order valence-electron chi connectivity index (χ1n) is 13.1. The Kier molecular flexibility index (Phi) is 12.7. The van der Waals surface area contributed by atoms with Crippen molar-refractivity contribution in [2.45, 2.75) is 58.7 Å². The van der Waals surface area contributed by atoms with E-state index in [0.29, 0.717) is 42.6 Å². The fourth-order valence-corrected chi connectivity index (χ4v) is 3.82. The number of carboxylic acids is 1. The van der Waals surface area contributed by atoms with Gasteiger partial charge in [-0.25, -0.2) is 4.79 Å². The van der Waals surface area contributed by atoms with Crippen molar-refractivity contribution in [3.05, 3.63) is 53.3 Å². The number of aliphatic carboxylic acids is 1. The largest absolute Gasteiger partial charge is 0.492 e. The summed E-state index contributed by atoms with van der Waals surface area (Å²) in [6.45, 7) is 8.23. The van der Waals surface area contributed by atoms with Crippen molar-refractivity contribution in [1.82, 2.24) is 15.2 Å². The molecule has 1 fully saturated rings. The number of nitrogens with zero attached hydrogens (tertiary/aromatic N) is 2. The third-order valence-corrected chi connectivity index (χ3v) is 6.13. The molecule has 226 valence electrons. The molecule has 0 radical (unpaired) electrons. The zero-order valence-corrected chi connectivity index (χ0v) is 24.0. The Hall–Kier alpha value is -3.54. The van der Waals surface area contributed by atoms with Gasteiger partial charge in [0.2, 0.25) is 5.91 Å². The van der Waals surface area contributed by atoms with E-state index in [9.17, 15) is 22.8 Å². The topological polar surface area (TPSA) is 121 Å². The number of pyridine rings is 1. The predicted octanol–water partition coefficient (Wildman–Crippen LogP) is 5.41. The van der Waals surface area contributed by atoms with Gasteiger partial charge in [0.05, 0.1) is 0 Å². The fourth-order valence-electron chi connectivity index (χ4n) is 3.59. The SMILES string of the molecule is CC(C)(C)CNC(=O)CCN(C(=O)c1cc(Cl)cc(OCCNc2ccncc2)c1)C1CCC1.O=C(O)C(F)(F)F. The number of carboxylic acid groups (broad SMARTS) is 1. The normalized spacial score (nSPS) is 13.2. The Bertz CT molecular complexity index is 1160. The minimum Gasteiger partial charge on any atom is -0.492 e. The Morgan fingerprint density at radius 3 is 2.29 bits per heavy atom. The third-order valence-electron chi connectivity index (χ3n) is 5.91. The molecule has 2 aromatic rings. The Morgan fingerprint density at radius 1 is 1.12 bits per heavy atom. The first-order valence-corrected chi connectivity index (χ1v) is 13.5. The van der Waals surface area contributed by atoms with Gasteiger partial charge in [0, 0.05) is 60.8 Å². The van der Waals surface area contributed by atoms with Gasteiger partial charge >= 0.3 is 12.1 Å². The van der Waals surface area contributed by atoms with E-state index in [1.165, 1.54) is 0 Å². The van der Waals surface area contributed by atoms with Crippen LogP contribution >= 0.6 is 11.6 Å². The van der Waals surface area contributed by atoms with Crippen molar-refractivity contribution in [3.63, 3.8) is 0 Å². The molecule has 41 heavy (non-hydrogen) atoms. The summed E-state index contributed by atoms with van der Waals surface area (Å²) >= 11 is 6.31. The van der Waals surface area contributed by atoms with Gasteiger partial charge in [-0.15, -0.1) is 0 Å². The van der Waals surface area contributed by atoms with E-state index < -0.39 is 12.1 Å². The summed E-state index contributed by atoms with van der Waals surface area (Å²) in [6, 6.07) is 9.03. The van der Waals surface area contributed by atoms with Crippen LogP contribution in [0.2, 0.25) is 5.02 Å². The van der Waals surface area contributed by atoms with Crippen molar-refractivity contribution in [3.8, 4) is 5.75 Å². The van der Waals surface area contributed by atoms with Crippen LogP contribution in [0.25, 0.3) is 0 Å². The van der Waals surface area contributed by atoms with Crippen LogP contribution < -0.4 is 15.4 Å². The lowest BCUT2D eigenvalue weighted by Gasteiger charge is -2.37. The average Bonchev–Trinajstić information content (AvgIpc) is 2.86. The number of aromatic nitrogens is 1. The molecule has 3 N–H and O–H groups in total. The van der Waals surface area contributed by atoms with Crippen LogP contribution in [0.4, 0.5) is 18.9 Å². The second kappa shape index (κ2) is 15.5. The molecule has 3 rings (SSSR count). The summed E-state index contributed by atoms with van der Waals surface area (Å²) in [7, 11) is 0. The fraction of sp³-hybridized carbons (Fsp3) is 0.500. The van der Waals surface area contributed by atoms with Gasteiger partial charge in [-0.1, -0.05) is 32.4 Å². The monoisotopic (exact) mass is 600 g/mol. The number of anilines is 1. The van der Waals surface area contributed by atoms with Crippen LogP contribution in [0.3, 0.4) is 0 Å². The number of nitrogens with one attached hydrogen (secondary N) is 2. The molecule has 0 aliphatic heterocycles. The summed E-state index contributed by atoms with van der Waals surface area (Å²) in [5.74, 6) is -2.36. The van der Waals surface area contributed by atoms with Crippen molar-refractivity contribution >= 4 is 35.1 Å². The summed E-state index contributed by atoms with van der Waals surface area (Å²) < 4.78 is 37.6. The summed E-state index contributed by atoms with van der Waals surface area (Å²) in [6.07, 6.45) is 1.65. The van der Waals surface area contributed by atoms with Gasteiger partial charge in [-0.05, 0) is 55.0 Å². The highest BCUT2D eigenvalue weighted by Gasteiger charge is 2.38. The van der Waals surface area contributed by atoms with E-state index in [-0.39, 0.29) is 29.7 Å². The molecule has 0 saturated heterocycles. The maximum Gasteiger partial charge on any atom is 0.490 e. The molecule has 1 heterocycles. The smallest absolute Gasteiger partial charge is 0.490 e. The zero-order valence-electron chi connectivity index (χ0n) is 23.3. The first-order chi connectivity index (χ1) is 19.2. The van der Waals surface area contributed by atoms with Crippen LogP contribution in [-0.4, -0.2) is 71.2 Å². The molecule has 1 aliphatic carbocycles. The highest BCUT2D eigenvalue weighted by Crippen LogP contribution is 2.28. The van der Waals surface area contributed by atoms with Gasteiger partial charge in [0.25, 0.3) is 5.91 Å². The van der Waals surface area contributed by atoms with E-state index in [1.54, 1.807) is 30.6 Å². The molecule has 0 spiro atoms. The third kappa shape index (κ3) is 12.7. The summed E-state index contributed by atoms with van der Waals surface area (Å²) in [5, 5.41) is 13.8. The number of ether oxygens (including phenoxy) is 1. The number of carbonyl (C=O) groups is 3. The number of hydrogen-bond donors (Lipinski definition) is 3. The van der Waals surface area contributed by atoms with Crippen LogP contribution in [-0.2, 0) is 9.59 Å². The molecule has 1 aromatic carbocycles. The Labute approximate surface area is 242 Å². The molecule has 13 heteroatoms. The highest BCUT2D eigenvalue weighted by atomic mass is 35.5. The van der Waals surface area contributed by atoms with Crippen LogP contribution in [0, 0.1) is 5.41 Å². The lowest BCUT2D eigenvalue weighted by atomic mass is 9.90. The second-order valence-corrected chi connectivity index (χ2v) is 11.1. The molecule has 2 amide bonds. The van der Waals surface area contributed by atoms with Crippen LogP contribution in [0.1, 0.15) is 56.8 Å². The van der Waals surface area contributed by atoms with Gasteiger partial charge in [0.15, 0.2) is 0 Å². The molecular weight excluding hydrogens is 565 g/mol. The van der Waals surface area contributed by atoms with Gasteiger partial charge in [-0.3, -0.25) is 14.6 Å². The zero-order chi connectivity index (χ0) is 30.6. The number of alkyl halides is 3. The number of halogens is 4. The molecule has 1 saturated carbocycles. The molecule has 0 unspecified atom stereocenters. The highest BCUT2D eigenvalue weighted by molar-refractivity contribution is 6.31. The first kappa shape index (κ1) is 33.7. The summed E-state index contributed by atoms with van der Waals surface area (Å²) in [4.78, 5) is 40.4. The second-order valence-electron chi connectivity index (χ2n) is 10.7. The van der Waals surface area contributed by atoms with Crippen molar-refractivity contribution in [1.29, 1.82) is 0 Å². The number of benzene rings is 1. The standard InChI is InChI=1S/C26H35ClN4O3.C2HF3O2/c1-26(2,3)18-30-24(32)9-13-31(22-5-4-6-22)25(33)19-15-20(27)17-23(16-19)34-14-12-29-21-7-10-28-11-8-21;3-2(4,5)1(6)7/h7-8,10-11,15-17,22H,4-6,9,12-14,18H2,1-3H3,(H,28,29)(H,30,32);(H,6,7). The van der Waals surface area contributed by atoms with Gasteiger partial charge in [0.1, 0.15) is 12.4 Å². The lowest BCUT2D eigenvalue weighted by molar-refractivity contribution is -0.192. The van der Waals surface area contributed by atoms with E-state index >= 15 is 0 Å². The van der Waals surface area contributed by atoms with E-state index in [1.807, 2.05) is 17.0 Å². The molecule has 0 bridgehead atoms. The van der Waals surface area contributed by atoms with E-state index in [0.717, 1.165) is 24.9 Å². The van der Waals surface area contributed by atoms with Crippen LogP contribution in [0.5, 0.6) is 5.75 Å². The molecule has 1 aliphatic rings. The maximum atomic E-state index is 13.4. The summed E-state index contributed by atoms with van der Waals surface area (Å²) in [5.41, 5.74) is 1.46. The lowest BCUT2D eigenvalue weighted by Crippen LogP contribution is -2.46. The minimum atomic E-state index is -5.08. The Morgan fingerprint density at radius 2 is 1.76 bits per heavy atom. The average molecular weight is 601 g/mol. The molecular formula is C28H36ClF3N4O5. The minimum absolute atomic E-state index is 0.0180. The van der Waals surface area contributed by atoms with Gasteiger partial charge < -0.3 is 25.4 Å². The number of amides is 2. The maximum absolute atomic E-state index is 13.4. The molecule has 0 atom stereocenters. The molecule has 9 nitrogen and oxygen atoms in total. The van der Waals surface area contributed by atoms with Crippen molar-refractivity contribution in [2.24, 2.45) is 5.41 Å². The quantitative estimate of drug-likeness (QED) is 0.295. The van der Waals surface area contributed by atoms with Crippen LogP contribution in [0.15, 0.2) is 42.7 Å². The number of rotatable bonds is 11. The molecule has 1 aromatic heterocycles. The number of carbonyl (C=O) groups excluding carboxylic acids is 2. The van der Waals surface area contributed by atoms with Crippen molar-refractivity contribution in [2.75, 3.05) is 31.6 Å². The Balaban J connectivity index is 0.000000745. The van der Waals surface area contributed by atoms with E-state index in [4.69, 9.17) is 26.2 Å².